The van der Waals surface area contributed by atoms with Crippen molar-refractivity contribution in [2.45, 2.75) is 60.9 Å². The second kappa shape index (κ2) is 11.9. The fourth-order valence-electron chi connectivity index (χ4n) is 3.17. The van der Waals surface area contributed by atoms with Crippen molar-refractivity contribution in [2.75, 3.05) is 4.72 Å². The highest BCUT2D eigenvalue weighted by molar-refractivity contribution is 7.87. The number of carbonyl (C=O) groups excluding carboxylic acids is 1. The Bertz CT molecular complexity index is 1150. The van der Waals surface area contributed by atoms with E-state index in [1.165, 1.54) is 11.3 Å². The molecule has 2 aromatic heterocycles. The number of carbonyl (C=O) groups is 1. The summed E-state index contributed by atoms with van der Waals surface area (Å²) in [6.07, 6.45) is 1.45. The predicted molar refractivity (Wildman–Crippen MR) is 133 cm³/mol. The quantitative estimate of drug-likeness (QED) is 0.329. The van der Waals surface area contributed by atoms with Gasteiger partial charge in [-0.1, -0.05) is 33.9 Å². The zero-order valence-corrected chi connectivity index (χ0v) is 19.1. The first-order valence-electron chi connectivity index (χ1n) is 9.73. The molecule has 0 bridgehead atoms. The molecular weight excluding hydrogens is 462 g/mol. The van der Waals surface area contributed by atoms with E-state index in [2.05, 4.69) is 20.3 Å². The third-order valence-corrected chi connectivity index (χ3v) is 6.14. The molecule has 11 heteroatoms. The van der Waals surface area contributed by atoms with Gasteiger partial charge in [-0.3, -0.25) is 14.1 Å². The van der Waals surface area contributed by atoms with Crippen LogP contribution in [0.1, 0.15) is 61.3 Å². The van der Waals surface area contributed by atoms with Gasteiger partial charge >= 0.3 is 10.3 Å². The van der Waals surface area contributed by atoms with Crippen LogP contribution in [0, 0.1) is 13.8 Å². The highest BCUT2D eigenvalue weighted by atomic mass is 32.2. The molecule has 4 N–H and O–H groups in total. The van der Waals surface area contributed by atoms with Crippen molar-refractivity contribution in [3.05, 3.63) is 63.1 Å². The van der Waals surface area contributed by atoms with E-state index >= 15 is 0 Å². The maximum absolute atomic E-state index is 12.7. The summed E-state index contributed by atoms with van der Waals surface area (Å²) in [6.45, 7) is 5.76. The molecule has 33 heavy (non-hydrogen) atoms. The first-order chi connectivity index (χ1) is 14.6. The fraction of sp³-hybridized carbons (Fsp3) is 0.409. The molecule has 0 fully saturated rings. The first kappa shape index (κ1) is 28.3. The lowest BCUT2D eigenvalue weighted by Gasteiger charge is -2.17. The number of hydrogen-bond donors (Lipinski definition) is 4. The Labute approximate surface area is 200 Å². The van der Waals surface area contributed by atoms with E-state index < -0.39 is 10.3 Å². The monoisotopic (exact) mass is 495 g/mol. The Kier molecular flexibility index (Phi) is 10.2. The molecular formula is C22H33N5O4S2. The second-order valence-electron chi connectivity index (χ2n) is 7.20. The van der Waals surface area contributed by atoms with E-state index in [4.69, 9.17) is 4.55 Å². The summed E-state index contributed by atoms with van der Waals surface area (Å²) in [4.78, 5) is 24.8. The summed E-state index contributed by atoms with van der Waals surface area (Å²) < 4.78 is 32.8. The molecule has 9 nitrogen and oxygen atoms in total. The predicted octanol–water partition coefficient (Wildman–Crippen LogP) is 4.18. The molecule has 182 valence electrons. The van der Waals surface area contributed by atoms with Crippen LogP contribution >= 0.6 is 11.3 Å². The third kappa shape index (κ3) is 8.26. The Balaban J connectivity index is 0.00000272. The van der Waals surface area contributed by atoms with Crippen molar-refractivity contribution in [1.29, 1.82) is 0 Å². The smallest absolute Gasteiger partial charge is 0.346 e. The van der Waals surface area contributed by atoms with Gasteiger partial charge < -0.3 is 10.3 Å². The SMILES string of the molecule is C.C.CCc1csc([C@H](Cc2ccc(NS(=O)(=O)O)cc2)NC(=O)Cc2nc(C)[nH]c2C)n1. The molecule has 0 radical (unpaired) electrons. The standard InChI is InChI=1S/C20H25N5O4S2.2CH4/c1-4-15-11-30-20(23-15)18(24-19(26)10-17-12(2)21-13(3)22-17)9-14-5-7-16(8-6-14)25-31(27,28)29;;/h5-8,11,18,25H,4,9-10H2,1-3H3,(H,21,22)(H,24,26)(H,27,28,29);2*1H4/t18-;;/m0../s1. The van der Waals surface area contributed by atoms with Crippen molar-refractivity contribution < 1.29 is 17.8 Å². The highest BCUT2D eigenvalue weighted by Gasteiger charge is 2.20. The minimum Gasteiger partial charge on any atom is -0.346 e. The maximum atomic E-state index is 12.7. The minimum absolute atomic E-state index is 0. The largest absolute Gasteiger partial charge is 0.357 e. The van der Waals surface area contributed by atoms with Gasteiger partial charge in [0.1, 0.15) is 10.8 Å². The Morgan fingerprint density at radius 2 is 1.85 bits per heavy atom. The van der Waals surface area contributed by atoms with Crippen LogP contribution in [-0.2, 0) is 34.4 Å². The first-order valence-corrected chi connectivity index (χ1v) is 12.0. The molecule has 1 amide bonds. The number of imidazole rings is 1. The Morgan fingerprint density at radius 3 is 2.36 bits per heavy atom. The molecule has 0 aliphatic heterocycles. The van der Waals surface area contributed by atoms with Crippen LogP contribution in [-0.4, -0.2) is 33.8 Å². The molecule has 2 heterocycles. The van der Waals surface area contributed by atoms with E-state index in [-0.39, 0.29) is 38.9 Å². The summed E-state index contributed by atoms with van der Waals surface area (Å²) in [5.41, 5.74) is 3.67. The zero-order chi connectivity index (χ0) is 22.6. The van der Waals surface area contributed by atoms with Gasteiger partial charge in [0.15, 0.2) is 0 Å². The van der Waals surface area contributed by atoms with Crippen molar-refractivity contribution >= 4 is 33.2 Å². The van der Waals surface area contributed by atoms with Gasteiger partial charge in [-0.25, -0.2) is 9.97 Å². The molecule has 0 saturated carbocycles. The van der Waals surface area contributed by atoms with Gasteiger partial charge in [0.25, 0.3) is 0 Å². The van der Waals surface area contributed by atoms with E-state index in [1.807, 2.05) is 30.9 Å². The molecule has 0 aliphatic carbocycles. The topological polar surface area (TPSA) is 137 Å². The van der Waals surface area contributed by atoms with Crippen molar-refractivity contribution in [2.24, 2.45) is 0 Å². The molecule has 1 aromatic carbocycles. The molecule has 0 unspecified atom stereocenters. The number of nitrogens with one attached hydrogen (secondary N) is 3. The fourth-order valence-corrected chi connectivity index (χ4v) is 4.55. The van der Waals surface area contributed by atoms with Crippen LogP contribution in [0.2, 0.25) is 0 Å². The molecule has 0 spiro atoms. The minimum atomic E-state index is -4.33. The average Bonchev–Trinajstić information content (AvgIpc) is 3.28. The van der Waals surface area contributed by atoms with Crippen LogP contribution in [0.15, 0.2) is 29.6 Å². The molecule has 1 atom stereocenters. The number of aryl methyl sites for hydroxylation is 3. The molecule has 0 saturated heterocycles. The lowest BCUT2D eigenvalue weighted by atomic mass is 10.1. The summed E-state index contributed by atoms with van der Waals surface area (Å²) >= 11 is 1.50. The van der Waals surface area contributed by atoms with Crippen molar-refractivity contribution in [1.82, 2.24) is 20.3 Å². The molecule has 3 aromatic rings. The Hall–Kier alpha value is -2.76. The van der Waals surface area contributed by atoms with Crippen LogP contribution in [0.5, 0.6) is 0 Å². The second-order valence-corrected chi connectivity index (χ2v) is 9.24. The summed E-state index contributed by atoms with van der Waals surface area (Å²) in [6, 6.07) is 6.25. The maximum Gasteiger partial charge on any atom is 0.357 e. The average molecular weight is 496 g/mol. The van der Waals surface area contributed by atoms with Gasteiger partial charge in [-0.15, -0.1) is 11.3 Å². The number of thiazole rings is 1. The van der Waals surface area contributed by atoms with Crippen molar-refractivity contribution in [3.8, 4) is 0 Å². The number of H-pyrrole nitrogens is 1. The number of benzene rings is 1. The number of amides is 1. The number of aromatic nitrogens is 3. The lowest BCUT2D eigenvalue weighted by Crippen LogP contribution is -2.31. The van der Waals surface area contributed by atoms with Gasteiger partial charge in [0.2, 0.25) is 5.91 Å². The number of nitrogens with zero attached hydrogens (tertiary/aromatic N) is 2. The van der Waals surface area contributed by atoms with Crippen LogP contribution in [0.3, 0.4) is 0 Å². The van der Waals surface area contributed by atoms with Gasteiger partial charge in [0, 0.05) is 11.1 Å². The number of hydrogen-bond acceptors (Lipinski definition) is 6. The van der Waals surface area contributed by atoms with Gasteiger partial charge in [-0.05, 0) is 44.4 Å². The number of aromatic amines is 1. The summed E-state index contributed by atoms with van der Waals surface area (Å²) in [5, 5.41) is 5.85. The molecule has 3 rings (SSSR count). The van der Waals surface area contributed by atoms with Gasteiger partial charge in [-0.2, -0.15) is 8.42 Å². The number of rotatable bonds is 9. The normalized spacial score (nSPS) is 11.8. The van der Waals surface area contributed by atoms with E-state index in [0.717, 1.165) is 34.2 Å². The van der Waals surface area contributed by atoms with Crippen LogP contribution < -0.4 is 10.0 Å². The molecule has 0 aliphatic rings. The zero-order valence-electron chi connectivity index (χ0n) is 17.5. The lowest BCUT2D eigenvalue weighted by molar-refractivity contribution is -0.121. The number of anilines is 1. The third-order valence-electron chi connectivity index (χ3n) is 4.64. The highest BCUT2D eigenvalue weighted by Crippen LogP contribution is 2.24. The van der Waals surface area contributed by atoms with Crippen LogP contribution in [0.25, 0.3) is 0 Å². The van der Waals surface area contributed by atoms with Crippen molar-refractivity contribution in [3.63, 3.8) is 0 Å². The van der Waals surface area contributed by atoms with E-state index in [9.17, 15) is 13.2 Å². The van der Waals surface area contributed by atoms with Crippen LogP contribution in [0.4, 0.5) is 5.69 Å². The summed E-state index contributed by atoms with van der Waals surface area (Å²) in [7, 11) is -4.33. The summed E-state index contributed by atoms with van der Waals surface area (Å²) in [5.74, 6) is 0.612. The van der Waals surface area contributed by atoms with E-state index in [0.29, 0.717) is 12.1 Å². The van der Waals surface area contributed by atoms with E-state index in [1.54, 1.807) is 24.3 Å². The Morgan fingerprint density at radius 1 is 1.18 bits per heavy atom. The van der Waals surface area contributed by atoms with Gasteiger partial charge in [0.05, 0.1) is 29.5 Å².